The van der Waals surface area contributed by atoms with Gasteiger partial charge >= 0.3 is 156 Å². The van der Waals surface area contributed by atoms with Gasteiger partial charge in [-0.1, -0.05) is 0 Å². The van der Waals surface area contributed by atoms with Crippen LogP contribution in [0, 0.1) is 0 Å². The molecule has 3 aromatic rings. The van der Waals surface area contributed by atoms with Gasteiger partial charge in [-0.05, 0) is 0 Å². The van der Waals surface area contributed by atoms with E-state index in [1.807, 2.05) is 0 Å². The van der Waals surface area contributed by atoms with Gasteiger partial charge in [-0.3, -0.25) is 0 Å². The van der Waals surface area contributed by atoms with Crippen LogP contribution in [0.15, 0.2) is 91.0 Å². The van der Waals surface area contributed by atoms with Crippen molar-refractivity contribution in [3.05, 3.63) is 108 Å². The fraction of sp³-hybridized carbons (Fsp3) is 0.182. The van der Waals surface area contributed by atoms with Gasteiger partial charge < -0.3 is 0 Å². The van der Waals surface area contributed by atoms with E-state index in [9.17, 15) is 0 Å². The molecule has 0 spiro atoms. The van der Waals surface area contributed by atoms with Crippen molar-refractivity contribution in [1.29, 1.82) is 0 Å². The van der Waals surface area contributed by atoms with Crippen molar-refractivity contribution in [3.8, 4) is 0 Å². The Balaban J connectivity index is 2.19. The van der Waals surface area contributed by atoms with Crippen LogP contribution in [0.4, 0.5) is 0 Å². The summed E-state index contributed by atoms with van der Waals surface area (Å²) in [6, 6.07) is 33.2. The molecule has 1 heteroatoms. The third-order valence-electron chi connectivity index (χ3n) is 4.78. The maximum absolute atomic E-state index is 2.32. The molecule has 111 valence electrons. The molecule has 1 atom stereocenters. The van der Waals surface area contributed by atoms with E-state index >= 15 is 0 Å². The van der Waals surface area contributed by atoms with Gasteiger partial charge in [0.25, 0.3) is 0 Å². The van der Waals surface area contributed by atoms with Crippen LogP contribution in [0.5, 0.6) is 0 Å². The summed E-state index contributed by atoms with van der Waals surface area (Å²) in [6.45, 7) is 2.32. The molecule has 0 aliphatic rings. The molecule has 0 N–H and O–H groups in total. The first-order valence-corrected chi connectivity index (χ1v) is 11.0. The number of hydrogen-bond donors (Lipinski definition) is 0. The van der Waals surface area contributed by atoms with Crippen molar-refractivity contribution in [2.45, 2.75) is 22.2 Å². The van der Waals surface area contributed by atoms with Crippen LogP contribution in [0.25, 0.3) is 0 Å². The van der Waals surface area contributed by atoms with Crippen molar-refractivity contribution in [2.24, 2.45) is 0 Å². The molecule has 0 nitrogen and oxygen atoms in total. The van der Waals surface area contributed by atoms with Crippen molar-refractivity contribution in [1.82, 2.24) is 0 Å². The van der Waals surface area contributed by atoms with E-state index in [0.717, 1.165) is 6.42 Å². The predicted octanol–water partition coefficient (Wildman–Crippen LogP) is 5.67. The van der Waals surface area contributed by atoms with Crippen LogP contribution in [0.2, 0.25) is 0 Å². The van der Waals surface area contributed by atoms with Crippen molar-refractivity contribution >= 4 is 0 Å². The summed E-state index contributed by atoms with van der Waals surface area (Å²) in [5.74, 6) is 0.525. The van der Waals surface area contributed by atoms with E-state index in [2.05, 4.69) is 97.9 Å². The Hall–Kier alpha value is -1.40. The fourth-order valence-electron chi connectivity index (χ4n) is 3.59. The predicted molar refractivity (Wildman–Crippen MR) is 93.1 cm³/mol. The third kappa shape index (κ3) is 3.28. The number of rotatable bonds is 5. The average molecular weight is 486 g/mol. The van der Waals surface area contributed by atoms with Gasteiger partial charge in [0.2, 0.25) is 0 Å². The van der Waals surface area contributed by atoms with Gasteiger partial charge in [0.15, 0.2) is 0 Å². The second-order valence-corrected chi connectivity index (χ2v) is 10.4. The quantitative estimate of drug-likeness (QED) is 0.408. The van der Waals surface area contributed by atoms with Crippen LogP contribution in [0.3, 0.4) is 0 Å². The van der Waals surface area contributed by atoms with E-state index < -0.39 is 0 Å². The zero-order valence-corrected chi connectivity index (χ0v) is 19.1. The first kappa shape index (κ1) is 16.5. The van der Waals surface area contributed by atoms with Crippen molar-refractivity contribution in [3.63, 3.8) is 0 Å². The summed E-state index contributed by atoms with van der Waals surface area (Å²) in [5.41, 5.74) is 4.38. The molecule has 0 amide bonds. The second kappa shape index (κ2) is 7.44. The Bertz CT molecular complexity index is 680. The van der Waals surface area contributed by atoms with E-state index in [-0.39, 0.29) is 2.92 Å². The number of benzene rings is 3. The maximum atomic E-state index is 2.32. The summed E-state index contributed by atoms with van der Waals surface area (Å²) >= 11 is 0.545. The Morgan fingerprint density at radius 2 is 1.09 bits per heavy atom. The molecule has 0 saturated carbocycles. The molecule has 0 heterocycles. The topological polar surface area (TPSA) is 0 Å². The van der Waals surface area contributed by atoms with E-state index in [0.29, 0.717) is 32.0 Å². The Morgan fingerprint density at radius 3 is 1.48 bits per heavy atom. The summed E-state index contributed by atoms with van der Waals surface area (Å²) in [6.07, 6.45) is 1.15. The van der Waals surface area contributed by atoms with Crippen molar-refractivity contribution < 1.29 is 26.1 Å². The van der Waals surface area contributed by atoms with E-state index in [4.69, 9.17) is 0 Å². The van der Waals surface area contributed by atoms with Crippen LogP contribution in [-0.4, -0.2) is 0 Å². The molecule has 0 fully saturated rings. The molecule has 0 saturated heterocycles. The normalized spacial score (nSPS) is 12.8. The molecular weight excluding hydrogens is 465 g/mol. The summed E-state index contributed by atoms with van der Waals surface area (Å²) in [4.78, 5) is 0. The molecule has 0 bridgehead atoms. The monoisotopic (exact) mass is 487 g/mol. The molecule has 0 aromatic heterocycles. The SMILES string of the molecule is CCC(c1ccccc1)[C]([Hg])(c1ccccc1)c1ccccc1. The number of hydrogen-bond acceptors (Lipinski definition) is 0. The Morgan fingerprint density at radius 1 is 0.696 bits per heavy atom. The zero-order chi connectivity index (χ0) is 16.1. The van der Waals surface area contributed by atoms with Gasteiger partial charge in [-0.25, -0.2) is 0 Å². The molecule has 3 rings (SSSR count). The van der Waals surface area contributed by atoms with Gasteiger partial charge in [0, 0.05) is 0 Å². The van der Waals surface area contributed by atoms with Crippen LogP contribution < -0.4 is 0 Å². The van der Waals surface area contributed by atoms with Crippen LogP contribution in [-0.2, 0) is 29.0 Å². The molecular formula is C22H21Hg. The molecule has 0 radical (unpaired) electrons. The van der Waals surface area contributed by atoms with Crippen LogP contribution in [0.1, 0.15) is 36.0 Å². The van der Waals surface area contributed by atoms with Gasteiger partial charge in [0.1, 0.15) is 0 Å². The Kier molecular flexibility index (Phi) is 5.32. The van der Waals surface area contributed by atoms with E-state index in [1.165, 1.54) is 16.7 Å². The molecule has 1 unspecified atom stereocenters. The van der Waals surface area contributed by atoms with Gasteiger partial charge in [0.05, 0.1) is 0 Å². The molecule has 3 aromatic carbocycles. The minimum absolute atomic E-state index is 0.151. The van der Waals surface area contributed by atoms with Gasteiger partial charge in [-0.2, -0.15) is 0 Å². The first-order valence-electron chi connectivity index (χ1n) is 8.28. The Labute approximate surface area is 155 Å². The molecule has 0 aliphatic carbocycles. The molecule has 0 aliphatic heterocycles. The summed E-state index contributed by atoms with van der Waals surface area (Å²) < 4.78 is 0.151. The average Bonchev–Trinajstić information content (AvgIpc) is 2.64. The van der Waals surface area contributed by atoms with E-state index in [1.54, 1.807) is 0 Å². The fourth-order valence-corrected chi connectivity index (χ4v) is 7.47. The molecule has 23 heavy (non-hydrogen) atoms. The van der Waals surface area contributed by atoms with Gasteiger partial charge in [-0.15, -0.1) is 0 Å². The summed E-state index contributed by atoms with van der Waals surface area (Å²) in [5, 5.41) is 0. The third-order valence-corrected chi connectivity index (χ3v) is 9.87. The second-order valence-electron chi connectivity index (χ2n) is 6.07. The summed E-state index contributed by atoms with van der Waals surface area (Å²) in [7, 11) is 0. The zero-order valence-electron chi connectivity index (χ0n) is 13.7. The van der Waals surface area contributed by atoms with Crippen molar-refractivity contribution in [2.75, 3.05) is 0 Å². The first-order chi connectivity index (χ1) is 11.3. The standard InChI is InChI=1S/C22H21.Hg/c1-2-21(18-12-6-3-7-13-18)22(19-14-8-4-9-15-19)20-16-10-5-11-17-20;/h3-17,21H,2H2,1H3;. The minimum atomic E-state index is 0.151. The van der Waals surface area contributed by atoms with Crippen LogP contribution >= 0.6 is 0 Å².